The number of H-pyrrole nitrogens is 1. The Kier molecular flexibility index (Phi) is 2.45. The van der Waals surface area contributed by atoms with Gasteiger partial charge in [-0.3, -0.25) is 4.79 Å². The number of nitrogens with one attached hydrogen (secondary N) is 1. The largest absolute Gasteiger partial charge is 0.481 e. The fourth-order valence-electron chi connectivity index (χ4n) is 1.27. The van der Waals surface area contributed by atoms with Crippen LogP contribution in [0.15, 0.2) is 18.3 Å². The molecule has 13 heavy (non-hydrogen) atoms. The molecular formula is C10H15NO2. The molecule has 1 heterocycles. The number of aromatic amines is 1. The third-order valence-corrected chi connectivity index (χ3v) is 2.75. The monoisotopic (exact) mass is 181 g/mol. The third-order valence-electron chi connectivity index (χ3n) is 2.75. The fraction of sp³-hybridized carbons (Fsp3) is 0.500. The van der Waals surface area contributed by atoms with Crippen molar-refractivity contribution in [2.75, 3.05) is 0 Å². The van der Waals surface area contributed by atoms with E-state index in [4.69, 9.17) is 5.11 Å². The molecule has 1 atom stereocenters. The summed E-state index contributed by atoms with van der Waals surface area (Å²) in [7, 11) is 0. The van der Waals surface area contributed by atoms with E-state index < -0.39 is 11.9 Å². The topological polar surface area (TPSA) is 53.1 Å². The molecule has 0 saturated heterocycles. The van der Waals surface area contributed by atoms with Crippen molar-refractivity contribution in [3.63, 3.8) is 0 Å². The van der Waals surface area contributed by atoms with Gasteiger partial charge in [0.2, 0.25) is 0 Å². The molecule has 3 nitrogen and oxygen atoms in total. The van der Waals surface area contributed by atoms with Crippen molar-refractivity contribution in [1.29, 1.82) is 0 Å². The van der Waals surface area contributed by atoms with Crippen molar-refractivity contribution in [2.24, 2.45) is 5.92 Å². The first kappa shape index (κ1) is 9.84. The van der Waals surface area contributed by atoms with Crippen LogP contribution in [0.4, 0.5) is 0 Å². The predicted octanol–water partition coefficient (Wildman–Crippen LogP) is 2.01. The molecular weight excluding hydrogens is 166 g/mol. The van der Waals surface area contributed by atoms with Gasteiger partial charge >= 0.3 is 5.97 Å². The lowest BCUT2D eigenvalue weighted by Gasteiger charge is -2.27. The molecule has 0 radical (unpaired) electrons. The first-order valence-electron chi connectivity index (χ1n) is 4.33. The minimum atomic E-state index is -0.764. The lowest BCUT2D eigenvalue weighted by atomic mass is 9.77. The van der Waals surface area contributed by atoms with Crippen LogP contribution in [-0.4, -0.2) is 16.1 Å². The van der Waals surface area contributed by atoms with Crippen LogP contribution < -0.4 is 0 Å². The predicted molar refractivity (Wildman–Crippen MR) is 50.6 cm³/mol. The van der Waals surface area contributed by atoms with Gasteiger partial charge in [0.1, 0.15) is 0 Å². The lowest BCUT2D eigenvalue weighted by molar-refractivity contribution is -0.143. The fourth-order valence-corrected chi connectivity index (χ4v) is 1.27. The number of carboxylic acids is 1. The minimum absolute atomic E-state index is 0.352. The van der Waals surface area contributed by atoms with Gasteiger partial charge in [0.25, 0.3) is 0 Å². The number of carbonyl (C=O) groups is 1. The number of carboxylic acid groups (broad SMARTS) is 1. The summed E-state index contributed by atoms with van der Waals surface area (Å²) in [4.78, 5) is 13.9. The molecule has 1 rings (SSSR count). The SMILES string of the molecule is CC(C(=O)O)C(C)(C)c1ccc[nH]1. The van der Waals surface area contributed by atoms with E-state index in [2.05, 4.69) is 4.98 Å². The maximum Gasteiger partial charge on any atom is 0.307 e. The Morgan fingerprint density at radius 3 is 2.62 bits per heavy atom. The summed E-state index contributed by atoms with van der Waals surface area (Å²) >= 11 is 0. The summed E-state index contributed by atoms with van der Waals surface area (Å²) in [5.74, 6) is -1.16. The first-order chi connectivity index (χ1) is 5.96. The van der Waals surface area contributed by atoms with Crippen LogP contribution in [0.1, 0.15) is 26.5 Å². The Labute approximate surface area is 77.8 Å². The molecule has 0 aromatic carbocycles. The molecule has 1 aromatic heterocycles. The average Bonchev–Trinajstić information content (AvgIpc) is 2.54. The average molecular weight is 181 g/mol. The van der Waals surface area contributed by atoms with Crippen molar-refractivity contribution in [1.82, 2.24) is 4.98 Å². The molecule has 0 bridgehead atoms. The number of aliphatic carboxylic acids is 1. The highest BCUT2D eigenvalue weighted by Crippen LogP contribution is 2.30. The Morgan fingerprint density at radius 1 is 1.62 bits per heavy atom. The molecule has 0 aliphatic heterocycles. The Morgan fingerprint density at radius 2 is 2.23 bits per heavy atom. The van der Waals surface area contributed by atoms with Crippen LogP contribution in [0, 0.1) is 5.92 Å². The van der Waals surface area contributed by atoms with Crippen molar-refractivity contribution >= 4 is 5.97 Å². The van der Waals surface area contributed by atoms with Crippen molar-refractivity contribution in [3.8, 4) is 0 Å². The van der Waals surface area contributed by atoms with Crippen LogP contribution in [0.25, 0.3) is 0 Å². The number of rotatable bonds is 3. The maximum atomic E-state index is 10.8. The normalized spacial score (nSPS) is 14.1. The molecule has 0 amide bonds. The van der Waals surface area contributed by atoms with Crippen LogP contribution in [0.3, 0.4) is 0 Å². The molecule has 2 N–H and O–H groups in total. The summed E-state index contributed by atoms with van der Waals surface area (Å²) in [6, 6.07) is 3.80. The number of hydrogen-bond acceptors (Lipinski definition) is 1. The molecule has 0 fully saturated rings. The zero-order valence-corrected chi connectivity index (χ0v) is 8.16. The van der Waals surface area contributed by atoms with Crippen LogP contribution >= 0.6 is 0 Å². The second kappa shape index (κ2) is 3.24. The first-order valence-corrected chi connectivity index (χ1v) is 4.33. The smallest absolute Gasteiger partial charge is 0.307 e. The zero-order chi connectivity index (χ0) is 10.1. The Hall–Kier alpha value is -1.25. The van der Waals surface area contributed by atoms with Gasteiger partial charge in [-0.25, -0.2) is 0 Å². The van der Waals surface area contributed by atoms with Gasteiger partial charge in [0.15, 0.2) is 0 Å². The summed E-state index contributed by atoms with van der Waals surface area (Å²) in [6.07, 6.45) is 1.81. The standard InChI is InChI=1S/C10H15NO2/c1-7(9(12)13)10(2,3)8-5-4-6-11-8/h4-7,11H,1-3H3,(H,12,13). The van der Waals surface area contributed by atoms with E-state index in [0.717, 1.165) is 5.69 Å². The molecule has 0 aliphatic rings. The van der Waals surface area contributed by atoms with Crippen molar-refractivity contribution in [2.45, 2.75) is 26.2 Å². The van der Waals surface area contributed by atoms with E-state index in [1.165, 1.54) is 0 Å². The molecule has 72 valence electrons. The Balaban J connectivity index is 2.95. The molecule has 0 spiro atoms. The van der Waals surface area contributed by atoms with E-state index >= 15 is 0 Å². The van der Waals surface area contributed by atoms with Gasteiger partial charge in [-0.1, -0.05) is 20.8 Å². The van der Waals surface area contributed by atoms with E-state index in [0.29, 0.717) is 0 Å². The third kappa shape index (κ3) is 1.74. The molecule has 3 heteroatoms. The van der Waals surface area contributed by atoms with Crippen LogP contribution in [0.2, 0.25) is 0 Å². The molecule has 1 aromatic rings. The van der Waals surface area contributed by atoms with E-state index in [1.54, 1.807) is 6.92 Å². The summed E-state index contributed by atoms with van der Waals surface area (Å²) in [5.41, 5.74) is 0.609. The quantitative estimate of drug-likeness (QED) is 0.749. The molecule has 0 aliphatic carbocycles. The van der Waals surface area contributed by atoms with Crippen molar-refractivity contribution in [3.05, 3.63) is 24.0 Å². The molecule has 0 saturated carbocycles. The van der Waals surface area contributed by atoms with Gasteiger partial charge in [-0.2, -0.15) is 0 Å². The summed E-state index contributed by atoms with van der Waals surface area (Å²) < 4.78 is 0. The lowest BCUT2D eigenvalue weighted by Crippen LogP contribution is -2.32. The van der Waals surface area contributed by atoms with Crippen LogP contribution in [0.5, 0.6) is 0 Å². The van der Waals surface area contributed by atoms with Gasteiger partial charge < -0.3 is 10.1 Å². The minimum Gasteiger partial charge on any atom is -0.481 e. The summed E-state index contributed by atoms with van der Waals surface area (Å²) in [6.45, 7) is 5.58. The van der Waals surface area contributed by atoms with Crippen LogP contribution in [-0.2, 0) is 10.2 Å². The maximum absolute atomic E-state index is 10.8. The Bertz CT molecular complexity index is 288. The van der Waals surface area contributed by atoms with E-state index in [9.17, 15) is 4.79 Å². The highest BCUT2D eigenvalue weighted by Gasteiger charge is 2.33. The number of aromatic nitrogens is 1. The summed E-state index contributed by atoms with van der Waals surface area (Å²) in [5, 5.41) is 8.90. The second-order valence-corrected chi connectivity index (χ2v) is 3.87. The van der Waals surface area contributed by atoms with E-state index in [1.807, 2.05) is 32.2 Å². The highest BCUT2D eigenvalue weighted by atomic mass is 16.4. The van der Waals surface area contributed by atoms with Gasteiger partial charge in [-0.15, -0.1) is 0 Å². The van der Waals surface area contributed by atoms with Crippen molar-refractivity contribution < 1.29 is 9.90 Å². The zero-order valence-electron chi connectivity index (χ0n) is 8.16. The van der Waals surface area contributed by atoms with Gasteiger partial charge in [0, 0.05) is 17.3 Å². The van der Waals surface area contributed by atoms with Gasteiger partial charge in [-0.05, 0) is 12.1 Å². The second-order valence-electron chi connectivity index (χ2n) is 3.87. The molecule has 1 unspecified atom stereocenters. The van der Waals surface area contributed by atoms with E-state index in [-0.39, 0.29) is 5.41 Å². The number of hydrogen-bond donors (Lipinski definition) is 2. The highest BCUT2D eigenvalue weighted by molar-refractivity contribution is 5.71. The van der Waals surface area contributed by atoms with Gasteiger partial charge in [0.05, 0.1) is 5.92 Å².